The van der Waals surface area contributed by atoms with Gasteiger partial charge in [0, 0.05) is 20.0 Å². The van der Waals surface area contributed by atoms with Crippen molar-refractivity contribution in [1.82, 2.24) is 25.7 Å². The number of aromatic nitrogens is 2. The number of nitrogens with zero attached hydrogens (tertiary/aromatic N) is 4. The number of nitrogens with one attached hydrogen (secondary N) is 2. The predicted molar refractivity (Wildman–Crippen MR) is 124 cm³/mol. The molecule has 1 saturated heterocycles. The molecule has 0 saturated carbocycles. The molecule has 1 aromatic heterocycles. The van der Waals surface area contributed by atoms with E-state index in [1.807, 2.05) is 12.1 Å². The summed E-state index contributed by atoms with van der Waals surface area (Å²) in [6.07, 6.45) is 2.50. The van der Waals surface area contributed by atoms with Gasteiger partial charge in [-0.3, -0.25) is 4.90 Å². The van der Waals surface area contributed by atoms with Crippen LogP contribution in [0, 0.1) is 6.92 Å². The highest BCUT2D eigenvalue weighted by Gasteiger charge is 2.23. The number of aliphatic imine (C=N–C) groups is 1. The molecule has 2 aromatic rings. The maximum absolute atomic E-state index is 5.30. The molecule has 0 aliphatic carbocycles. The van der Waals surface area contributed by atoms with Crippen LogP contribution in [-0.2, 0) is 6.54 Å². The molecule has 1 aromatic carbocycles. The summed E-state index contributed by atoms with van der Waals surface area (Å²) in [5, 5.41) is 10.7. The number of methoxy groups -OCH3 is 1. The van der Waals surface area contributed by atoms with Gasteiger partial charge in [-0.2, -0.15) is 4.98 Å². The molecule has 3 rings (SSSR count). The lowest BCUT2D eigenvalue weighted by atomic mass is 10.1. The first-order valence-electron chi connectivity index (χ1n) is 9.89. The molecule has 160 valence electrons. The molecule has 29 heavy (non-hydrogen) atoms. The second-order valence-corrected chi connectivity index (χ2v) is 6.84. The first kappa shape index (κ1) is 23.4. The van der Waals surface area contributed by atoms with Crippen LogP contribution < -0.4 is 15.4 Å². The molecule has 8 nitrogen and oxygen atoms in total. The van der Waals surface area contributed by atoms with Gasteiger partial charge < -0.3 is 19.9 Å². The number of guanidine groups is 1. The third-order valence-corrected chi connectivity index (χ3v) is 4.84. The standard InChI is InChI=1S/C20H30N6O2.HI/c1-4-21-20(23-14-19-24-15(2)28-25-19)22-13-18(26-11-5-6-12-26)16-7-9-17(27-3)10-8-16;/h7-10,18H,4-6,11-14H2,1-3H3,(H2,21,22,23);1H. The minimum atomic E-state index is 0. The molecule has 0 amide bonds. The maximum atomic E-state index is 5.30. The van der Waals surface area contributed by atoms with Crippen LogP contribution in [0.2, 0.25) is 0 Å². The number of rotatable bonds is 8. The lowest BCUT2D eigenvalue weighted by Gasteiger charge is -2.29. The van der Waals surface area contributed by atoms with Crippen molar-refractivity contribution in [3.63, 3.8) is 0 Å². The number of halogens is 1. The van der Waals surface area contributed by atoms with Gasteiger partial charge in [0.1, 0.15) is 12.3 Å². The van der Waals surface area contributed by atoms with Crippen molar-refractivity contribution in [3.8, 4) is 5.75 Å². The molecule has 0 radical (unpaired) electrons. The van der Waals surface area contributed by atoms with Crippen LogP contribution in [0.4, 0.5) is 0 Å². The van der Waals surface area contributed by atoms with E-state index < -0.39 is 0 Å². The van der Waals surface area contributed by atoms with E-state index in [1.54, 1.807) is 14.0 Å². The highest BCUT2D eigenvalue weighted by molar-refractivity contribution is 14.0. The normalized spacial score (nSPS) is 15.6. The lowest BCUT2D eigenvalue weighted by molar-refractivity contribution is 0.245. The van der Waals surface area contributed by atoms with Crippen molar-refractivity contribution in [1.29, 1.82) is 0 Å². The summed E-state index contributed by atoms with van der Waals surface area (Å²) in [7, 11) is 1.69. The lowest BCUT2D eigenvalue weighted by Crippen LogP contribution is -2.42. The Morgan fingerprint density at radius 3 is 2.55 bits per heavy atom. The zero-order valence-corrected chi connectivity index (χ0v) is 19.7. The van der Waals surface area contributed by atoms with Gasteiger partial charge in [0.05, 0.1) is 13.2 Å². The van der Waals surface area contributed by atoms with E-state index >= 15 is 0 Å². The topological polar surface area (TPSA) is 87.8 Å². The SMILES string of the molecule is CCNC(=NCc1noc(C)n1)NCC(c1ccc(OC)cc1)N1CCCC1.I. The van der Waals surface area contributed by atoms with E-state index in [9.17, 15) is 0 Å². The minimum absolute atomic E-state index is 0. The van der Waals surface area contributed by atoms with Gasteiger partial charge in [-0.15, -0.1) is 24.0 Å². The van der Waals surface area contributed by atoms with E-state index in [1.165, 1.54) is 18.4 Å². The highest BCUT2D eigenvalue weighted by Crippen LogP contribution is 2.26. The van der Waals surface area contributed by atoms with Crippen LogP contribution in [0.25, 0.3) is 0 Å². The highest BCUT2D eigenvalue weighted by atomic mass is 127. The molecule has 1 aliphatic rings. The van der Waals surface area contributed by atoms with Gasteiger partial charge >= 0.3 is 0 Å². The van der Waals surface area contributed by atoms with E-state index in [-0.39, 0.29) is 30.0 Å². The number of benzene rings is 1. The summed E-state index contributed by atoms with van der Waals surface area (Å²) in [5.74, 6) is 2.77. The van der Waals surface area contributed by atoms with Gasteiger partial charge in [-0.1, -0.05) is 17.3 Å². The van der Waals surface area contributed by atoms with Crippen LogP contribution in [0.3, 0.4) is 0 Å². The maximum Gasteiger partial charge on any atom is 0.223 e. The van der Waals surface area contributed by atoms with Crippen molar-refractivity contribution in [2.75, 3.05) is 33.3 Å². The van der Waals surface area contributed by atoms with Crippen LogP contribution in [0.5, 0.6) is 5.75 Å². The molecule has 2 N–H and O–H groups in total. The van der Waals surface area contributed by atoms with Crippen molar-refractivity contribution in [3.05, 3.63) is 41.5 Å². The molecular weight excluding hydrogens is 483 g/mol. The molecule has 1 fully saturated rings. The van der Waals surface area contributed by atoms with E-state index in [0.717, 1.165) is 37.9 Å². The van der Waals surface area contributed by atoms with Crippen molar-refractivity contribution >= 4 is 29.9 Å². The Morgan fingerprint density at radius 1 is 1.24 bits per heavy atom. The van der Waals surface area contributed by atoms with Crippen LogP contribution in [0.1, 0.15) is 43.1 Å². The smallest absolute Gasteiger partial charge is 0.223 e. The summed E-state index contributed by atoms with van der Waals surface area (Å²) in [6, 6.07) is 8.63. The van der Waals surface area contributed by atoms with Gasteiger partial charge in [-0.05, 0) is 50.6 Å². The predicted octanol–water partition coefficient (Wildman–Crippen LogP) is 2.90. The molecule has 1 atom stereocenters. The van der Waals surface area contributed by atoms with Gasteiger partial charge in [0.25, 0.3) is 0 Å². The van der Waals surface area contributed by atoms with Crippen LogP contribution in [0.15, 0.2) is 33.8 Å². The summed E-state index contributed by atoms with van der Waals surface area (Å²) in [6.45, 7) is 8.00. The third kappa shape index (κ3) is 6.84. The zero-order chi connectivity index (χ0) is 19.8. The number of aryl methyl sites for hydroxylation is 1. The van der Waals surface area contributed by atoms with Gasteiger partial charge in [0.15, 0.2) is 11.8 Å². The quantitative estimate of drug-likeness (QED) is 0.318. The second kappa shape index (κ2) is 12.0. The summed E-state index contributed by atoms with van der Waals surface area (Å²) < 4.78 is 10.3. The summed E-state index contributed by atoms with van der Waals surface area (Å²) in [5.41, 5.74) is 1.28. The summed E-state index contributed by atoms with van der Waals surface area (Å²) >= 11 is 0. The van der Waals surface area contributed by atoms with Crippen molar-refractivity contribution in [2.45, 2.75) is 39.3 Å². The molecular formula is C20H31IN6O2. The molecule has 1 unspecified atom stereocenters. The Hall–Kier alpha value is -1.88. The Kier molecular flexibility index (Phi) is 9.65. The van der Waals surface area contributed by atoms with Crippen LogP contribution >= 0.6 is 24.0 Å². The molecule has 2 heterocycles. The number of hydrogen-bond acceptors (Lipinski definition) is 6. The van der Waals surface area contributed by atoms with E-state index in [4.69, 9.17) is 9.26 Å². The molecule has 0 bridgehead atoms. The van der Waals surface area contributed by atoms with E-state index in [0.29, 0.717) is 18.3 Å². The Balaban J connectivity index is 0.00000300. The Morgan fingerprint density at radius 2 is 1.97 bits per heavy atom. The zero-order valence-electron chi connectivity index (χ0n) is 17.4. The fourth-order valence-electron chi connectivity index (χ4n) is 3.43. The first-order valence-corrected chi connectivity index (χ1v) is 9.89. The van der Waals surface area contributed by atoms with Crippen LogP contribution in [-0.4, -0.2) is 54.3 Å². The van der Waals surface area contributed by atoms with Crippen molar-refractivity contribution in [2.24, 2.45) is 4.99 Å². The third-order valence-electron chi connectivity index (χ3n) is 4.84. The number of likely N-dealkylation sites (tertiary alicyclic amines) is 1. The second-order valence-electron chi connectivity index (χ2n) is 6.84. The average molecular weight is 514 g/mol. The largest absolute Gasteiger partial charge is 0.497 e. The number of ether oxygens (including phenoxy) is 1. The fourth-order valence-corrected chi connectivity index (χ4v) is 3.43. The monoisotopic (exact) mass is 514 g/mol. The molecule has 1 aliphatic heterocycles. The van der Waals surface area contributed by atoms with E-state index in [2.05, 4.69) is 49.7 Å². The number of hydrogen-bond donors (Lipinski definition) is 2. The first-order chi connectivity index (χ1) is 13.7. The molecule has 0 spiro atoms. The van der Waals surface area contributed by atoms with Crippen molar-refractivity contribution < 1.29 is 9.26 Å². The summed E-state index contributed by atoms with van der Waals surface area (Å²) in [4.78, 5) is 11.3. The van der Waals surface area contributed by atoms with Gasteiger partial charge in [0.2, 0.25) is 5.89 Å². The fraction of sp³-hybridized carbons (Fsp3) is 0.550. The average Bonchev–Trinajstić information content (AvgIpc) is 3.38. The molecule has 9 heteroatoms. The Labute approximate surface area is 189 Å². The Bertz CT molecular complexity index is 759. The van der Waals surface area contributed by atoms with Gasteiger partial charge in [-0.25, -0.2) is 4.99 Å². The minimum Gasteiger partial charge on any atom is -0.497 e.